The van der Waals surface area contributed by atoms with Crippen molar-refractivity contribution in [3.8, 4) is 0 Å². The van der Waals surface area contributed by atoms with Gasteiger partial charge in [0, 0.05) is 18.1 Å². The maximum Gasteiger partial charge on any atom is 0.193 e. The molecule has 0 atom stereocenters. The van der Waals surface area contributed by atoms with Crippen molar-refractivity contribution in [2.45, 2.75) is 13.8 Å². The summed E-state index contributed by atoms with van der Waals surface area (Å²) in [6, 6.07) is 7.46. The largest absolute Gasteiger partial charge is 0.370 e. The summed E-state index contributed by atoms with van der Waals surface area (Å²) >= 11 is 6.14. The van der Waals surface area contributed by atoms with Gasteiger partial charge in [-0.25, -0.2) is 0 Å². The lowest BCUT2D eigenvalue weighted by Gasteiger charge is -2.10. The van der Waals surface area contributed by atoms with E-state index in [0.717, 1.165) is 16.6 Å². The lowest BCUT2D eigenvalue weighted by atomic mass is 10.2. The molecule has 2 aromatic rings. The maximum absolute atomic E-state index is 6.14. The van der Waals surface area contributed by atoms with Crippen LogP contribution in [0, 0.1) is 5.92 Å². The summed E-state index contributed by atoms with van der Waals surface area (Å²) in [6.07, 6.45) is 1.73. The highest BCUT2D eigenvalue weighted by Crippen LogP contribution is 2.27. The van der Waals surface area contributed by atoms with Gasteiger partial charge in [-0.15, -0.1) is 0 Å². The van der Waals surface area contributed by atoms with Crippen LogP contribution in [0.1, 0.15) is 13.8 Å². The Balaban J connectivity index is 2.31. The van der Waals surface area contributed by atoms with Crippen LogP contribution in [0.4, 0.5) is 5.69 Å². The van der Waals surface area contributed by atoms with Crippen molar-refractivity contribution in [3.63, 3.8) is 0 Å². The first-order valence-corrected chi connectivity index (χ1v) is 6.56. The molecule has 0 bridgehead atoms. The van der Waals surface area contributed by atoms with Gasteiger partial charge in [0.25, 0.3) is 0 Å². The van der Waals surface area contributed by atoms with Gasteiger partial charge in [0.2, 0.25) is 0 Å². The van der Waals surface area contributed by atoms with Crippen LogP contribution >= 0.6 is 11.6 Å². The lowest BCUT2D eigenvalue weighted by molar-refractivity contribution is 0.665. The molecule has 0 aliphatic heterocycles. The molecule has 3 N–H and O–H groups in total. The molecule has 4 nitrogen and oxygen atoms in total. The molecule has 1 aromatic carbocycles. The van der Waals surface area contributed by atoms with Gasteiger partial charge in [0.15, 0.2) is 5.96 Å². The molecule has 0 unspecified atom stereocenters. The molecule has 0 aliphatic rings. The van der Waals surface area contributed by atoms with Gasteiger partial charge in [0.1, 0.15) is 0 Å². The second-order valence-electron chi connectivity index (χ2n) is 4.74. The van der Waals surface area contributed by atoms with E-state index < -0.39 is 0 Å². The molecule has 1 heterocycles. The van der Waals surface area contributed by atoms with Crippen molar-refractivity contribution >= 4 is 34.2 Å². The summed E-state index contributed by atoms with van der Waals surface area (Å²) in [7, 11) is 0. The van der Waals surface area contributed by atoms with Crippen LogP contribution < -0.4 is 11.1 Å². The first-order valence-electron chi connectivity index (χ1n) is 6.18. The number of halogens is 1. The Kier molecular flexibility index (Phi) is 4.22. The summed E-state index contributed by atoms with van der Waals surface area (Å²) in [5.41, 5.74) is 7.46. The average molecular weight is 277 g/mol. The number of pyridine rings is 1. The number of aliphatic imine (C=N–C) groups is 1. The van der Waals surface area contributed by atoms with Crippen LogP contribution in [0.15, 0.2) is 35.5 Å². The predicted octanol–water partition coefficient (Wildman–Crippen LogP) is 3.27. The SMILES string of the molecule is CC(C)CN=C(N)Nc1ccc(Cl)c2cccnc12. The van der Waals surface area contributed by atoms with Crippen molar-refractivity contribution < 1.29 is 0 Å². The molecule has 19 heavy (non-hydrogen) atoms. The number of guanidine groups is 1. The Morgan fingerprint density at radius 2 is 2.21 bits per heavy atom. The van der Waals surface area contributed by atoms with Gasteiger partial charge in [-0.3, -0.25) is 9.98 Å². The van der Waals surface area contributed by atoms with E-state index in [-0.39, 0.29) is 0 Å². The third kappa shape index (κ3) is 3.35. The lowest BCUT2D eigenvalue weighted by Crippen LogP contribution is -2.23. The van der Waals surface area contributed by atoms with Gasteiger partial charge in [-0.2, -0.15) is 0 Å². The zero-order chi connectivity index (χ0) is 13.8. The van der Waals surface area contributed by atoms with Gasteiger partial charge >= 0.3 is 0 Å². The van der Waals surface area contributed by atoms with E-state index in [2.05, 4.69) is 29.1 Å². The highest BCUT2D eigenvalue weighted by Gasteiger charge is 2.06. The highest BCUT2D eigenvalue weighted by molar-refractivity contribution is 6.35. The van der Waals surface area contributed by atoms with Crippen molar-refractivity contribution in [2.24, 2.45) is 16.6 Å². The van der Waals surface area contributed by atoms with E-state index in [1.165, 1.54) is 0 Å². The van der Waals surface area contributed by atoms with Crippen molar-refractivity contribution in [1.82, 2.24) is 4.98 Å². The molecule has 0 aliphatic carbocycles. The minimum absolute atomic E-state index is 0.392. The molecule has 100 valence electrons. The maximum atomic E-state index is 6.14. The molecular weight excluding hydrogens is 260 g/mol. The highest BCUT2D eigenvalue weighted by atomic mass is 35.5. The summed E-state index contributed by atoms with van der Waals surface area (Å²) in [6.45, 7) is 4.88. The number of hydrogen-bond acceptors (Lipinski definition) is 2. The molecule has 0 amide bonds. The second kappa shape index (κ2) is 5.89. The molecular formula is C14H17ClN4. The van der Waals surface area contributed by atoms with Gasteiger partial charge < -0.3 is 11.1 Å². The van der Waals surface area contributed by atoms with Crippen LogP contribution in [0.3, 0.4) is 0 Å². The Hall–Kier alpha value is -1.81. The Morgan fingerprint density at radius 3 is 2.95 bits per heavy atom. The van der Waals surface area contributed by atoms with Crippen molar-refractivity contribution in [2.75, 3.05) is 11.9 Å². The zero-order valence-corrected chi connectivity index (χ0v) is 11.8. The van der Waals surface area contributed by atoms with E-state index in [1.807, 2.05) is 24.3 Å². The smallest absolute Gasteiger partial charge is 0.193 e. The fourth-order valence-electron chi connectivity index (χ4n) is 1.70. The average Bonchev–Trinajstić information content (AvgIpc) is 2.40. The monoisotopic (exact) mass is 276 g/mol. The second-order valence-corrected chi connectivity index (χ2v) is 5.15. The molecule has 2 rings (SSSR count). The van der Waals surface area contributed by atoms with Crippen molar-refractivity contribution in [1.29, 1.82) is 0 Å². The number of nitrogens with two attached hydrogens (primary N) is 1. The minimum atomic E-state index is 0.392. The van der Waals surface area contributed by atoms with Gasteiger partial charge in [-0.05, 0) is 30.2 Å². The van der Waals surface area contributed by atoms with Crippen molar-refractivity contribution in [3.05, 3.63) is 35.5 Å². The third-order valence-corrected chi connectivity index (χ3v) is 2.94. The molecule has 1 aromatic heterocycles. The number of fused-ring (bicyclic) bond motifs is 1. The standard InChI is InChI=1S/C14H17ClN4/c1-9(2)8-18-14(16)19-12-6-5-11(15)10-4-3-7-17-13(10)12/h3-7,9H,8H2,1-2H3,(H3,16,18,19). The number of nitrogens with zero attached hydrogens (tertiary/aromatic N) is 2. The summed E-state index contributed by atoms with van der Waals surface area (Å²) < 4.78 is 0. The van der Waals surface area contributed by atoms with Crippen LogP contribution in [-0.4, -0.2) is 17.5 Å². The summed E-state index contributed by atoms with van der Waals surface area (Å²) in [4.78, 5) is 8.60. The molecule has 0 spiro atoms. The fraction of sp³-hybridized carbons (Fsp3) is 0.286. The Bertz CT molecular complexity index is 607. The zero-order valence-electron chi connectivity index (χ0n) is 11.0. The number of hydrogen-bond donors (Lipinski definition) is 2. The minimum Gasteiger partial charge on any atom is -0.370 e. The van der Waals surface area contributed by atoms with Crippen LogP contribution in [0.5, 0.6) is 0 Å². The van der Waals surface area contributed by atoms with Gasteiger partial charge in [0.05, 0.1) is 16.2 Å². The van der Waals surface area contributed by atoms with Gasteiger partial charge in [-0.1, -0.05) is 25.4 Å². The van der Waals surface area contributed by atoms with Crippen LogP contribution in [0.2, 0.25) is 5.02 Å². The molecule has 0 fully saturated rings. The van der Waals surface area contributed by atoms with Crippen LogP contribution in [0.25, 0.3) is 10.9 Å². The first-order chi connectivity index (χ1) is 9.08. The normalized spacial score (nSPS) is 12.1. The number of anilines is 1. The van der Waals surface area contributed by atoms with E-state index >= 15 is 0 Å². The number of aromatic nitrogens is 1. The molecule has 0 saturated carbocycles. The number of rotatable bonds is 3. The topological polar surface area (TPSA) is 63.3 Å². The Morgan fingerprint density at radius 1 is 1.42 bits per heavy atom. The third-order valence-electron chi connectivity index (χ3n) is 2.61. The summed E-state index contributed by atoms with van der Waals surface area (Å²) in [5.74, 6) is 0.864. The predicted molar refractivity (Wildman–Crippen MR) is 81.7 cm³/mol. The number of nitrogens with one attached hydrogen (secondary N) is 1. The first kappa shape index (κ1) is 13.6. The van der Waals surface area contributed by atoms with E-state index in [1.54, 1.807) is 6.20 Å². The Labute approximate surface area is 117 Å². The van der Waals surface area contributed by atoms with E-state index in [4.69, 9.17) is 17.3 Å². The summed E-state index contributed by atoms with van der Waals surface area (Å²) in [5, 5.41) is 4.64. The fourth-order valence-corrected chi connectivity index (χ4v) is 1.91. The van der Waals surface area contributed by atoms with Crippen LogP contribution in [-0.2, 0) is 0 Å². The quantitative estimate of drug-likeness (QED) is 0.668. The number of benzene rings is 1. The molecule has 5 heteroatoms. The molecule has 0 radical (unpaired) electrons. The van der Waals surface area contributed by atoms with E-state index in [9.17, 15) is 0 Å². The molecule has 0 saturated heterocycles. The van der Waals surface area contributed by atoms with E-state index in [0.29, 0.717) is 23.4 Å².